The van der Waals surface area contributed by atoms with Gasteiger partial charge in [0.2, 0.25) is 5.58 Å². The summed E-state index contributed by atoms with van der Waals surface area (Å²) in [6.45, 7) is 0.876. The SMILES string of the molecule is O=C(O)N1CCC(Nc2nc3cccc([N+](=O)[O-])c3o2)CC1. The molecule has 0 unspecified atom stereocenters. The van der Waals surface area contributed by atoms with Crippen LogP contribution in [0.1, 0.15) is 12.8 Å². The van der Waals surface area contributed by atoms with Gasteiger partial charge in [-0.15, -0.1) is 0 Å². The number of amides is 1. The number of fused-ring (bicyclic) bond motifs is 1. The van der Waals surface area contributed by atoms with E-state index in [1.165, 1.54) is 11.0 Å². The Bertz CT molecular complexity index is 720. The van der Waals surface area contributed by atoms with Gasteiger partial charge in [0.05, 0.1) is 4.92 Å². The third kappa shape index (κ3) is 2.65. The average Bonchev–Trinajstić information content (AvgIpc) is 2.89. The minimum atomic E-state index is -0.920. The summed E-state index contributed by atoms with van der Waals surface area (Å²) in [6, 6.07) is 4.81. The normalized spacial score (nSPS) is 15.9. The first-order chi connectivity index (χ1) is 10.5. The molecule has 1 amide bonds. The average molecular weight is 306 g/mol. The summed E-state index contributed by atoms with van der Waals surface area (Å²) in [5.74, 6) is 0. The van der Waals surface area contributed by atoms with E-state index in [0.717, 1.165) is 0 Å². The summed E-state index contributed by atoms with van der Waals surface area (Å²) < 4.78 is 5.44. The van der Waals surface area contributed by atoms with Crippen molar-refractivity contribution in [3.63, 3.8) is 0 Å². The largest absolute Gasteiger partial charge is 0.465 e. The lowest BCUT2D eigenvalue weighted by molar-refractivity contribution is -0.383. The second-order valence-electron chi connectivity index (χ2n) is 5.09. The number of nitro benzene ring substituents is 1. The maximum Gasteiger partial charge on any atom is 0.407 e. The number of nitrogens with one attached hydrogen (secondary N) is 1. The molecule has 1 fully saturated rings. The van der Waals surface area contributed by atoms with Gasteiger partial charge in [0, 0.05) is 25.2 Å². The number of hydrogen-bond acceptors (Lipinski definition) is 6. The highest BCUT2D eigenvalue weighted by Gasteiger charge is 2.24. The predicted molar refractivity (Wildman–Crippen MR) is 76.9 cm³/mol. The zero-order chi connectivity index (χ0) is 15.7. The molecule has 1 aromatic heterocycles. The second-order valence-corrected chi connectivity index (χ2v) is 5.09. The Labute approximate surface area is 124 Å². The van der Waals surface area contributed by atoms with E-state index in [1.807, 2.05) is 0 Å². The fraction of sp³-hybridized carbons (Fsp3) is 0.385. The molecule has 1 aliphatic heterocycles. The van der Waals surface area contributed by atoms with Gasteiger partial charge in [-0.3, -0.25) is 10.1 Å². The highest BCUT2D eigenvalue weighted by molar-refractivity contribution is 5.83. The molecule has 2 aromatic rings. The van der Waals surface area contributed by atoms with E-state index in [2.05, 4.69) is 10.3 Å². The van der Waals surface area contributed by atoms with Crippen molar-refractivity contribution in [2.24, 2.45) is 0 Å². The number of rotatable bonds is 3. The summed E-state index contributed by atoms with van der Waals surface area (Å²) in [7, 11) is 0. The number of non-ortho nitro benzene ring substituents is 1. The number of nitro groups is 1. The van der Waals surface area contributed by atoms with Gasteiger partial charge in [-0.2, -0.15) is 4.98 Å². The minimum Gasteiger partial charge on any atom is -0.465 e. The van der Waals surface area contributed by atoms with Gasteiger partial charge in [0.15, 0.2) is 0 Å². The lowest BCUT2D eigenvalue weighted by atomic mass is 10.1. The van der Waals surface area contributed by atoms with Crippen LogP contribution >= 0.6 is 0 Å². The summed E-state index contributed by atoms with van der Waals surface area (Å²) in [5, 5.41) is 22.9. The Hall–Kier alpha value is -2.84. The van der Waals surface area contributed by atoms with Crippen molar-refractivity contribution in [1.29, 1.82) is 0 Å². The molecule has 9 heteroatoms. The molecule has 1 saturated heterocycles. The van der Waals surface area contributed by atoms with E-state index >= 15 is 0 Å². The summed E-state index contributed by atoms with van der Waals surface area (Å²) in [6.07, 6.45) is 0.344. The maximum absolute atomic E-state index is 11.0. The number of nitrogens with zero attached hydrogens (tertiary/aromatic N) is 3. The van der Waals surface area contributed by atoms with Crippen molar-refractivity contribution in [1.82, 2.24) is 9.88 Å². The van der Waals surface area contributed by atoms with Gasteiger partial charge in [0.1, 0.15) is 5.52 Å². The number of benzene rings is 1. The number of carbonyl (C=O) groups is 1. The monoisotopic (exact) mass is 306 g/mol. The minimum absolute atomic E-state index is 0.0303. The van der Waals surface area contributed by atoms with Crippen LogP contribution in [0.15, 0.2) is 22.6 Å². The predicted octanol–water partition coefficient (Wildman–Crippen LogP) is 2.29. The smallest absolute Gasteiger partial charge is 0.407 e. The van der Waals surface area contributed by atoms with Gasteiger partial charge in [-0.1, -0.05) is 6.07 Å². The topological polar surface area (TPSA) is 122 Å². The first kappa shape index (κ1) is 14.1. The number of hydrogen-bond donors (Lipinski definition) is 2. The Morgan fingerprint density at radius 2 is 2.18 bits per heavy atom. The molecule has 116 valence electrons. The molecule has 0 saturated carbocycles. The maximum atomic E-state index is 11.0. The van der Waals surface area contributed by atoms with E-state index in [-0.39, 0.29) is 23.3 Å². The fourth-order valence-corrected chi connectivity index (χ4v) is 2.53. The van der Waals surface area contributed by atoms with E-state index < -0.39 is 11.0 Å². The fourth-order valence-electron chi connectivity index (χ4n) is 2.53. The number of aromatic nitrogens is 1. The Balaban J connectivity index is 1.74. The summed E-state index contributed by atoms with van der Waals surface area (Å²) >= 11 is 0. The van der Waals surface area contributed by atoms with Crippen molar-refractivity contribution in [3.05, 3.63) is 28.3 Å². The van der Waals surface area contributed by atoms with Crippen LogP contribution in [-0.2, 0) is 0 Å². The Morgan fingerprint density at radius 3 is 2.82 bits per heavy atom. The second kappa shape index (κ2) is 5.51. The molecule has 0 radical (unpaired) electrons. The van der Waals surface area contributed by atoms with Crippen molar-refractivity contribution in [2.75, 3.05) is 18.4 Å². The van der Waals surface area contributed by atoms with Crippen LogP contribution < -0.4 is 5.32 Å². The van der Waals surface area contributed by atoms with E-state index in [0.29, 0.717) is 31.4 Å². The van der Waals surface area contributed by atoms with Gasteiger partial charge in [-0.25, -0.2) is 4.79 Å². The molecular formula is C13H14N4O5. The van der Waals surface area contributed by atoms with Crippen molar-refractivity contribution in [3.8, 4) is 0 Å². The number of carboxylic acid groups (broad SMARTS) is 1. The molecule has 2 heterocycles. The molecule has 9 nitrogen and oxygen atoms in total. The lowest BCUT2D eigenvalue weighted by Gasteiger charge is -2.29. The van der Waals surface area contributed by atoms with E-state index in [1.54, 1.807) is 12.1 Å². The molecule has 22 heavy (non-hydrogen) atoms. The third-order valence-corrected chi connectivity index (χ3v) is 3.68. The molecule has 2 N–H and O–H groups in total. The van der Waals surface area contributed by atoms with E-state index in [9.17, 15) is 14.9 Å². The third-order valence-electron chi connectivity index (χ3n) is 3.68. The van der Waals surface area contributed by atoms with Crippen molar-refractivity contribution in [2.45, 2.75) is 18.9 Å². The number of piperidine rings is 1. The highest BCUT2D eigenvalue weighted by Crippen LogP contribution is 2.28. The molecule has 0 aliphatic carbocycles. The van der Waals surface area contributed by atoms with Gasteiger partial charge in [0.25, 0.3) is 6.01 Å². The van der Waals surface area contributed by atoms with Crippen LogP contribution in [0.4, 0.5) is 16.5 Å². The molecule has 0 bridgehead atoms. The molecule has 0 atom stereocenters. The van der Waals surface area contributed by atoms with Crippen LogP contribution in [0.25, 0.3) is 11.1 Å². The summed E-state index contributed by atoms with van der Waals surface area (Å²) in [5.41, 5.74) is 0.427. The molecule has 3 rings (SSSR count). The first-order valence-electron chi connectivity index (χ1n) is 6.83. The summed E-state index contributed by atoms with van der Waals surface area (Å²) in [4.78, 5) is 26.8. The number of oxazole rings is 1. The van der Waals surface area contributed by atoms with Crippen LogP contribution in [-0.4, -0.2) is 45.1 Å². The zero-order valence-corrected chi connectivity index (χ0v) is 11.6. The molecule has 1 aromatic carbocycles. The van der Waals surface area contributed by atoms with Crippen LogP contribution in [0, 0.1) is 10.1 Å². The lowest BCUT2D eigenvalue weighted by Crippen LogP contribution is -2.41. The molecular weight excluding hydrogens is 292 g/mol. The van der Waals surface area contributed by atoms with Crippen molar-refractivity contribution >= 4 is 28.9 Å². The van der Waals surface area contributed by atoms with Crippen LogP contribution in [0.3, 0.4) is 0 Å². The number of likely N-dealkylation sites (tertiary alicyclic amines) is 1. The Kier molecular flexibility index (Phi) is 3.53. The molecule has 1 aliphatic rings. The number of para-hydroxylation sites is 1. The zero-order valence-electron chi connectivity index (χ0n) is 11.6. The number of anilines is 1. The van der Waals surface area contributed by atoms with Crippen molar-refractivity contribution < 1.29 is 19.2 Å². The van der Waals surface area contributed by atoms with Gasteiger partial charge in [-0.05, 0) is 18.9 Å². The Morgan fingerprint density at radius 1 is 1.45 bits per heavy atom. The van der Waals surface area contributed by atoms with Gasteiger partial charge < -0.3 is 19.7 Å². The quantitative estimate of drug-likeness (QED) is 0.659. The standard InChI is InChI=1S/C13H14N4O5/c18-13(19)16-6-4-8(5-7-16)14-12-15-9-2-1-3-10(17(20)21)11(9)22-12/h1-3,8H,4-7H2,(H,14,15)(H,18,19). The van der Waals surface area contributed by atoms with Gasteiger partial charge >= 0.3 is 11.8 Å². The first-order valence-corrected chi connectivity index (χ1v) is 6.83. The van der Waals surface area contributed by atoms with Crippen LogP contribution in [0.2, 0.25) is 0 Å². The van der Waals surface area contributed by atoms with Crippen LogP contribution in [0.5, 0.6) is 0 Å². The molecule has 0 spiro atoms. The van der Waals surface area contributed by atoms with E-state index in [4.69, 9.17) is 9.52 Å². The highest BCUT2D eigenvalue weighted by atomic mass is 16.6.